The molecule has 0 aliphatic rings. The number of unbranched alkanes of at least 4 members (excludes halogenated alkanes) is 1. The first-order valence-electron chi connectivity index (χ1n) is 8.09. The van der Waals surface area contributed by atoms with Crippen molar-refractivity contribution in [2.75, 3.05) is 20.3 Å². The molecule has 0 unspecified atom stereocenters. The molecule has 0 saturated carbocycles. The molecule has 0 aromatic heterocycles. The van der Waals surface area contributed by atoms with Crippen LogP contribution in [0.2, 0.25) is 5.02 Å². The largest absolute Gasteiger partial charge is 0.493 e. The molecule has 0 radical (unpaired) electrons. The second-order valence-electron chi connectivity index (χ2n) is 5.48. The fraction of sp³-hybridized carbons (Fsp3) is 0.368. The molecule has 130 valence electrons. The highest BCUT2D eigenvalue weighted by Gasteiger charge is 2.13. The lowest BCUT2D eigenvalue weighted by atomic mass is 10.1. The molecule has 24 heavy (non-hydrogen) atoms. The molecule has 2 rings (SSSR count). The average molecular weight is 350 g/mol. The van der Waals surface area contributed by atoms with Crippen molar-refractivity contribution in [3.8, 4) is 11.5 Å². The fourth-order valence-corrected chi connectivity index (χ4v) is 2.61. The first-order valence-corrected chi connectivity index (χ1v) is 8.47. The van der Waals surface area contributed by atoms with Crippen LogP contribution >= 0.6 is 11.6 Å². The molecular formula is C19H24ClNO3. The van der Waals surface area contributed by atoms with Crippen molar-refractivity contribution >= 4 is 11.6 Å². The van der Waals surface area contributed by atoms with E-state index in [9.17, 15) is 0 Å². The first-order chi connectivity index (χ1) is 11.7. The number of aliphatic hydroxyl groups is 1. The van der Waals surface area contributed by atoms with Gasteiger partial charge in [0.2, 0.25) is 0 Å². The molecular weight excluding hydrogens is 326 g/mol. The maximum absolute atomic E-state index is 8.83. The Labute approximate surface area is 148 Å². The van der Waals surface area contributed by atoms with Crippen LogP contribution in [0.15, 0.2) is 42.5 Å². The van der Waals surface area contributed by atoms with E-state index in [1.807, 2.05) is 36.4 Å². The summed E-state index contributed by atoms with van der Waals surface area (Å²) in [6.45, 7) is 2.15. The Morgan fingerprint density at radius 2 is 1.92 bits per heavy atom. The van der Waals surface area contributed by atoms with Gasteiger partial charge in [-0.15, -0.1) is 0 Å². The van der Waals surface area contributed by atoms with E-state index in [0.29, 0.717) is 29.7 Å². The molecule has 0 saturated heterocycles. The third-order valence-corrected chi connectivity index (χ3v) is 3.84. The SMILES string of the molecule is COc1cc(Cl)cc(CNCCCCO)c1OCc1ccccc1. The summed E-state index contributed by atoms with van der Waals surface area (Å²) in [6, 6.07) is 13.7. The van der Waals surface area contributed by atoms with E-state index in [1.54, 1.807) is 13.2 Å². The number of benzene rings is 2. The topological polar surface area (TPSA) is 50.7 Å². The van der Waals surface area contributed by atoms with Gasteiger partial charge in [-0.05, 0) is 31.0 Å². The van der Waals surface area contributed by atoms with E-state index >= 15 is 0 Å². The first kappa shape index (κ1) is 18.6. The number of halogens is 1. The Balaban J connectivity index is 2.08. The normalized spacial score (nSPS) is 10.6. The summed E-state index contributed by atoms with van der Waals surface area (Å²) >= 11 is 6.18. The predicted molar refractivity (Wildman–Crippen MR) is 96.8 cm³/mol. The Morgan fingerprint density at radius 1 is 1.12 bits per heavy atom. The molecule has 0 aliphatic carbocycles. The minimum absolute atomic E-state index is 0.220. The van der Waals surface area contributed by atoms with Crippen molar-refractivity contribution in [3.05, 3.63) is 58.6 Å². The van der Waals surface area contributed by atoms with Gasteiger partial charge >= 0.3 is 0 Å². The molecule has 0 bridgehead atoms. The number of aliphatic hydroxyl groups excluding tert-OH is 1. The molecule has 2 aromatic carbocycles. The van der Waals surface area contributed by atoms with Gasteiger partial charge < -0.3 is 19.9 Å². The van der Waals surface area contributed by atoms with Gasteiger partial charge in [-0.2, -0.15) is 0 Å². The summed E-state index contributed by atoms with van der Waals surface area (Å²) in [4.78, 5) is 0. The van der Waals surface area contributed by atoms with Crippen LogP contribution in [0.3, 0.4) is 0 Å². The smallest absolute Gasteiger partial charge is 0.166 e. The van der Waals surface area contributed by atoms with Crippen LogP contribution in [0.25, 0.3) is 0 Å². The van der Waals surface area contributed by atoms with Gasteiger partial charge in [0.05, 0.1) is 7.11 Å². The van der Waals surface area contributed by atoms with Crippen molar-refractivity contribution in [1.82, 2.24) is 5.32 Å². The van der Waals surface area contributed by atoms with Crippen LogP contribution in [0, 0.1) is 0 Å². The summed E-state index contributed by atoms with van der Waals surface area (Å²) in [5, 5.41) is 12.8. The summed E-state index contributed by atoms with van der Waals surface area (Å²) in [5.74, 6) is 1.34. The second-order valence-corrected chi connectivity index (χ2v) is 5.91. The number of rotatable bonds is 10. The summed E-state index contributed by atoms with van der Waals surface area (Å²) in [7, 11) is 1.61. The van der Waals surface area contributed by atoms with Crippen molar-refractivity contribution in [3.63, 3.8) is 0 Å². The minimum atomic E-state index is 0.220. The van der Waals surface area contributed by atoms with E-state index in [2.05, 4.69) is 5.32 Å². The molecule has 0 heterocycles. The maximum atomic E-state index is 8.83. The number of hydrogen-bond donors (Lipinski definition) is 2. The lowest BCUT2D eigenvalue weighted by Gasteiger charge is -2.16. The number of hydrogen-bond acceptors (Lipinski definition) is 4. The lowest BCUT2D eigenvalue weighted by molar-refractivity contribution is 0.279. The summed E-state index contributed by atoms with van der Waals surface area (Å²) in [5.41, 5.74) is 2.05. The Hall–Kier alpha value is -1.75. The maximum Gasteiger partial charge on any atom is 0.166 e. The van der Waals surface area contributed by atoms with Gasteiger partial charge in [0.1, 0.15) is 6.61 Å². The Kier molecular flexibility index (Phi) is 7.89. The highest BCUT2D eigenvalue weighted by molar-refractivity contribution is 6.30. The summed E-state index contributed by atoms with van der Waals surface area (Å²) < 4.78 is 11.4. The van der Waals surface area contributed by atoms with Crippen molar-refractivity contribution in [2.45, 2.75) is 26.0 Å². The van der Waals surface area contributed by atoms with E-state index in [1.165, 1.54) is 0 Å². The van der Waals surface area contributed by atoms with Gasteiger partial charge in [-0.25, -0.2) is 0 Å². The summed E-state index contributed by atoms with van der Waals surface area (Å²) in [6.07, 6.45) is 1.72. The molecule has 2 N–H and O–H groups in total. The Bertz CT molecular complexity index is 620. The third-order valence-electron chi connectivity index (χ3n) is 3.62. The number of nitrogens with one attached hydrogen (secondary N) is 1. The standard InChI is InChI=1S/C19H24ClNO3/c1-23-18-12-17(20)11-16(13-21-9-5-6-10-22)19(18)24-14-15-7-3-2-4-8-15/h2-4,7-8,11-12,21-22H,5-6,9-10,13-14H2,1H3. The van der Waals surface area contributed by atoms with Crippen LogP contribution in [0.4, 0.5) is 0 Å². The van der Waals surface area contributed by atoms with Crippen molar-refractivity contribution < 1.29 is 14.6 Å². The monoisotopic (exact) mass is 349 g/mol. The zero-order chi connectivity index (χ0) is 17.2. The van der Waals surface area contributed by atoms with Gasteiger partial charge in [0.25, 0.3) is 0 Å². The van der Waals surface area contributed by atoms with Crippen LogP contribution in [0.5, 0.6) is 11.5 Å². The molecule has 0 spiro atoms. The van der Waals surface area contributed by atoms with E-state index < -0.39 is 0 Å². The van der Waals surface area contributed by atoms with Crippen LogP contribution in [-0.4, -0.2) is 25.4 Å². The fourth-order valence-electron chi connectivity index (χ4n) is 2.38. The van der Waals surface area contributed by atoms with E-state index in [4.69, 9.17) is 26.2 Å². The quantitative estimate of drug-likeness (QED) is 0.641. The molecule has 2 aromatic rings. The van der Waals surface area contributed by atoms with Crippen LogP contribution < -0.4 is 14.8 Å². The average Bonchev–Trinajstić information content (AvgIpc) is 2.61. The molecule has 4 nitrogen and oxygen atoms in total. The zero-order valence-electron chi connectivity index (χ0n) is 13.9. The number of ether oxygens (including phenoxy) is 2. The van der Waals surface area contributed by atoms with E-state index in [0.717, 1.165) is 30.5 Å². The molecule has 0 amide bonds. The van der Waals surface area contributed by atoms with Crippen molar-refractivity contribution in [2.24, 2.45) is 0 Å². The molecule has 5 heteroatoms. The van der Waals surface area contributed by atoms with Gasteiger partial charge in [0.15, 0.2) is 11.5 Å². The zero-order valence-corrected chi connectivity index (χ0v) is 14.7. The van der Waals surface area contributed by atoms with Crippen molar-refractivity contribution in [1.29, 1.82) is 0 Å². The van der Waals surface area contributed by atoms with Crippen LogP contribution in [-0.2, 0) is 13.2 Å². The Morgan fingerprint density at radius 3 is 2.62 bits per heavy atom. The lowest BCUT2D eigenvalue weighted by Crippen LogP contribution is -2.16. The predicted octanol–water partition coefficient (Wildman–Crippen LogP) is 3.79. The van der Waals surface area contributed by atoms with Crippen LogP contribution in [0.1, 0.15) is 24.0 Å². The third kappa shape index (κ3) is 5.71. The number of methoxy groups -OCH3 is 1. The second kappa shape index (κ2) is 10.2. The highest BCUT2D eigenvalue weighted by Crippen LogP contribution is 2.35. The molecule has 0 fully saturated rings. The molecule has 0 atom stereocenters. The van der Waals surface area contributed by atoms with Gasteiger partial charge in [-0.1, -0.05) is 41.9 Å². The molecule has 0 aliphatic heterocycles. The van der Waals surface area contributed by atoms with E-state index in [-0.39, 0.29) is 6.61 Å². The van der Waals surface area contributed by atoms with Gasteiger partial charge in [0, 0.05) is 29.8 Å². The van der Waals surface area contributed by atoms with Gasteiger partial charge in [-0.3, -0.25) is 0 Å². The minimum Gasteiger partial charge on any atom is -0.493 e. The highest BCUT2D eigenvalue weighted by atomic mass is 35.5.